The summed E-state index contributed by atoms with van der Waals surface area (Å²) >= 11 is 0. The van der Waals surface area contributed by atoms with Gasteiger partial charge in [-0.05, 0) is 59.8 Å². The number of hydrogen-bond acceptors (Lipinski definition) is 3. The zero-order chi connectivity index (χ0) is 20.4. The second-order valence-corrected chi connectivity index (χ2v) is 8.62. The third kappa shape index (κ3) is 3.09. The highest BCUT2D eigenvalue weighted by molar-refractivity contribution is 7.11. The summed E-state index contributed by atoms with van der Waals surface area (Å²) in [6.07, 6.45) is 10.6. The number of aromatic nitrogens is 3. The largest absolute Gasteiger partial charge is 0.657 e. The van der Waals surface area contributed by atoms with Crippen molar-refractivity contribution in [2.45, 2.75) is 32.1 Å². The first-order valence-corrected chi connectivity index (χ1v) is 11.1. The van der Waals surface area contributed by atoms with Crippen LogP contribution < -0.4 is 11.2 Å². The van der Waals surface area contributed by atoms with Gasteiger partial charge in [0.15, 0.2) is 0 Å². The molecule has 1 aliphatic carbocycles. The molecule has 3 aromatic heterocycles. The molecular formula is C25H28BN3O. The summed E-state index contributed by atoms with van der Waals surface area (Å²) in [6, 6.07) is 18.7. The molecule has 1 fully saturated rings. The van der Waals surface area contributed by atoms with Gasteiger partial charge in [-0.25, -0.2) is 0 Å². The Morgan fingerprint density at radius 2 is 1.37 bits per heavy atom. The first-order chi connectivity index (χ1) is 14.8. The summed E-state index contributed by atoms with van der Waals surface area (Å²) in [5, 5.41) is 0. The predicted octanol–water partition coefficient (Wildman–Crippen LogP) is 3.70. The van der Waals surface area contributed by atoms with Crippen LogP contribution in [-0.4, -0.2) is 35.0 Å². The van der Waals surface area contributed by atoms with Crippen molar-refractivity contribution in [3.8, 4) is 0 Å². The van der Waals surface area contributed by atoms with Crippen LogP contribution in [0.15, 0.2) is 78.8 Å². The summed E-state index contributed by atoms with van der Waals surface area (Å²) in [5.74, 6) is 0.599. The van der Waals surface area contributed by atoms with Crippen LogP contribution in [0.2, 0.25) is 0 Å². The molecule has 0 bridgehead atoms. The van der Waals surface area contributed by atoms with Crippen molar-refractivity contribution in [3.05, 3.63) is 84.5 Å². The molecule has 0 atom stereocenters. The van der Waals surface area contributed by atoms with Crippen molar-refractivity contribution in [3.63, 3.8) is 0 Å². The minimum absolute atomic E-state index is 0.599. The summed E-state index contributed by atoms with van der Waals surface area (Å²) in [5.41, 5.74) is 5.95. The highest BCUT2D eigenvalue weighted by Crippen LogP contribution is 2.44. The van der Waals surface area contributed by atoms with Crippen molar-refractivity contribution in [1.29, 1.82) is 0 Å². The number of hydrogen-bond donors (Lipinski definition) is 0. The predicted molar refractivity (Wildman–Crippen MR) is 123 cm³/mol. The standard InChI is InChI=1S/C25H28BN3O/c1-30-19-21(20-11-3-2-4-12-20)25(22-13-5-8-16-27-22)26(30,23-14-6-9-17-28-23)24-15-7-10-18-29-24/h5-10,13-18,20H,2-4,11-12,19H2,1H3. The van der Waals surface area contributed by atoms with E-state index in [9.17, 15) is 0 Å². The Kier molecular flexibility index (Phi) is 5.22. The smallest absolute Gasteiger partial charge is 0.413 e. The van der Waals surface area contributed by atoms with Crippen molar-refractivity contribution in [2.75, 3.05) is 13.7 Å². The summed E-state index contributed by atoms with van der Waals surface area (Å²) in [6.45, 7) is 0.865. The summed E-state index contributed by atoms with van der Waals surface area (Å²) in [7, 11) is 2.15. The van der Waals surface area contributed by atoms with Crippen LogP contribution in [-0.2, 0) is 4.28 Å². The fourth-order valence-corrected chi connectivity index (χ4v) is 5.69. The Labute approximate surface area is 178 Å². The van der Waals surface area contributed by atoms with Crippen LogP contribution in [0.3, 0.4) is 0 Å². The van der Waals surface area contributed by atoms with E-state index >= 15 is 0 Å². The minimum atomic E-state index is -1.54. The molecule has 152 valence electrons. The van der Waals surface area contributed by atoms with Gasteiger partial charge >= 0.3 is 6.35 Å². The van der Waals surface area contributed by atoms with Gasteiger partial charge in [0, 0.05) is 24.3 Å². The second-order valence-electron chi connectivity index (χ2n) is 8.62. The first kappa shape index (κ1) is 19.2. The summed E-state index contributed by atoms with van der Waals surface area (Å²) in [4.78, 5) is 14.6. The SMILES string of the molecule is C[O+]1CC(C2CCCCC2)=C(c2ccccn2)[B-]1(c1ccccn1)c1ccccn1. The lowest BCUT2D eigenvalue weighted by Gasteiger charge is -2.41. The Bertz CT molecular complexity index is 979. The van der Waals surface area contributed by atoms with E-state index < -0.39 is 6.35 Å². The van der Waals surface area contributed by atoms with Gasteiger partial charge in [-0.1, -0.05) is 55.1 Å². The van der Waals surface area contributed by atoms with Crippen LogP contribution in [0, 0.1) is 5.92 Å². The fraction of sp³-hybridized carbons (Fsp3) is 0.320. The van der Waals surface area contributed by atoms with Gasteiger partial charge in [-0.15, -0.1) is 0 Å². The van der Waals surface area contributed by atoms with Crippen molar-refractivity contribution >= 4 is 23.0 Å². The van der Waals surface area contributed by atoms with Gasteiger partial charge < -0.3 is 4.28 Å². The molecule has 1 aliphatic heterocycles. The Hall–Kier alpha value is -2.79. The zero-order valence-corrected chi connectivity index (χ0v) is 17.6. The van der Waals surface area contributed by atoms with Gasteiger partial charge in [0.2, 0.25) is 0 Å². The molecule has 3 aromatic rings. The molecule has 0 saturated heterocycles. The summed E-state index contributed by atoms with van der Waals surface area (Å²) < 4.78 is 3.53. The number of rotatable bonds is 4. The molecule has 5 heteroatoms. The van der Waals surface area contributed by atoms with E-state index in [1.807, 2.05) is 36.8 Å². The molecule has 30 heavy (non-hydrogen) atoms. The average molecular weight is 397 g/mol. The van der Waals surface area contributed by atoms with Gasteiger partial charge in [-0.3, -0.25) is 15.0 Å². The van der Waals surface area contributed by atoms with Crippen LogP contribution in [0.5, 0.6) is 0 Å². The van der Waals surface area contributed by atoms with E-state index in [1.165, 1.54) is 43.1 Å². The van der Waals surface area contributed by atoms with Gasteiger partial charge in [0.1, 0.15) is 6.61 Å². The maximum atomic E-state index is 4.88. The molecule has 0 aromatic carbocycles. The van der Waals surface area contributed by atoms with E-state index in [4.69, 9.17) is 15.0 Å². The van der Waals surface area contributed by atoms with Gasteiger partial charge in [0.25, 0.3) is 0 Å². The highest BCUT2D eigenvalue weighted by Gasteiger charge is 2.55. The number of nitrogens with zero attached hydrogens (tertiary/aromatic N) is 3. The first-order valence-electron chi connectivity index (χ1n) is 11.1. The molecule has 0 amide bonds. The van der Waals surface area contributed by atoms with E-state index in [1.54, 1.807) is 0 Å². The molecule has 1 saturated carbocycles. The third-order valence-electron chi connectivity index (χ3n) is 6.99. The topological polar surface area (TPSA) is 41.4 Å². The molecule has 2 aliphatic rings. The molecule has 4 nitrogen and oxygen atoms in total. The van der Waals surface area contributed by atoms with E-state index in [0.29, 0.717) is 5.92 Å². The van der Waals surface area contributed by atoms with Crippen LogP contribution >= 0.6 is 0 Å². The maximum Gasteiger partial charge on any atom is 0.413 e. The maximum absolute atomic E-state index is 4.88. The lowest BCUT2D eigenvalue weighted by molar-refractivity contribution is 0.0779. The van der Waals surface area contributed by atoms with E-state index in [0.717, 1.165) is 23.5 Å². The lowest BCUT2D eigenvalue weighted by atomic mass is 9.29. The van der Waals surface area contributed by atoms with Gasteiger partial charge in [0.05, 0.1) is 7.11 Å². The van der Waals surface area contributed by atoms with Crippen LogP contribution in [0.4, 0.5) is 0 Å². The quantitative estimate of drug-likeness (QED) is 0.498. The lowest BCUT2D eigenvalue weighted by Crippen LogP contribution is -2.66. The van der Waals surface area contributed by atoms with Crippen molar-refractivity contribution in [1.82, 2.24) is 15.0 Å². The molecule has 5 rings (SSSR count). The zero-order valence-electron chi connectivity index (χ0n) is 17.6. The molecule has 4 heterocycles. The Morgan fingerprint density at radius 3 is 1.90 bits per heavy atom. The molecule has 0 radical (unpaired) electrons. The van der Waals surface area contributed by atoms with Crippen molar-refractivity contribution < 1.29 is 4.28 Å². The number of pyridine rings is 3. The van der Waals surface area contributed by atoms with Crippen LogP contribution in [0.1, 0.15) is 37.8 Å². The Balaban J connectivity index is 1.82. The van der Waals surface area contributed by atoms with Crippen LogP contribution in [0.25, 0.3) is 5.47 Å². The molecule has 0 unspecified atom stereocenters. The minimum Gasteiger partial charge on any atom is -0.657 e. The monoisotopic (exact) mass is 397 g/mol. The molecular weight excluding hydrogens is 369 g/mol. The molecule has 0 spiro atoms. The highest BCUT2D eigenvalue weighted by atomic mass is 16.6. The van der Waals surface area contributed by atoms with Crippen molar-refractivity contribution in [2.24, 2.45) is 5.92 Å². The normalized spacial score (nSPS) is 19.9. The van der Waals surface area contributed by atoms with E-state index in [-0.39, 0.29) is 0 Å². The molecule has 0 N–H and O–H groups in total. The average Bonchev–Trinajstić information content (AvgIpc) is 3.15. The fourth-order valence-electron chi connectivity index (χ4n) is 5.69. The second kappa shape index (κ2) is 8.15. The third-order valence-corrected chi connectivity index (χ3v) is 6.99. The Morgan fingerprint density at radius 1 is 0.767 bits per heavy atom. The van der Waals surface area contributed by atoms with E-state index in [2.05, 4.69) is 47.8 Å². The van der Waals surface area contributed by atoms with Gasteiger partial charge in [-0.2, -0.15) is 0 Å².